The van der Waals surface area contributed by atoms with Crippen LogP contribution in [-0.4, -0.2) is 29.5 Å². The van der Waals surface area contributed by atoms with Gasteiger partial charge in [-0.2, -0.15) is 0 Å². The molecule has 0 aliphatic rings. The first-order chi connectivity index (χ1) is 13.7. The van der Waals surface area contributed by atoms with Gasteiger partial charge in [-0.3, -0.25) is 0 Å². The molecule has 2 aromatic heterocycles. The molecule has 0 saturated heterocycles. The lowest BCUT2D eigenvalue weighted by Crippen LogP contribution is -2.31. The molecule has 0 aliphatic heterocycles. The molecule has 7 heteroatoms. The number of benzene rings is 2. The lowest BCUT2D eigenvalue weighted by atomic mass is 10.1. The minimum Gasteiger partial charge on any atom is -0.491 e. The summed E-state index contributed by atoms with van der Waals surface area (Å²) in [6, 6.07) is 16.0. The third kappa shape index (κ3) is 4.22. The van der Waals surface area contributed by atoms with Crippen LogP contribution in [-0.2, 0) is 6.54 Å². The number of halogens is 1. The van der Waals surface area contributed by atoms with Crippen molar-refractivity contribution in [3.63, 3.8) is 0 Å². The van der Waals surface area contributed by atoms with E-state index >= 15 is 0 Å². The average molecular weight is 398 g/mol. The fourth-order valence-electron chi connectivity index (χ4n) is 2.86. The first kappa shape index (κ1) is 18.6. The van der Waals surface area contributed by atoms with Crippen molar-refractivity contribution >= 4 is 21.6 Å². The molecule has 2 N–H and O–H groups in total. The normalized spacial score (nSPS) is 12.4. The Bertz CT molecular complexity index is 1060. The molecule has 0 aliphatic carbocycles. The molecule has 0 saturated carbocycles. The molecule has 0 fully saturated rings. The first-order valence-corrected chi connectivity index (χ1v) is 9.77. The summed E-state index contributed by atoms with van der Waals surface area (Å²) in [5.41, 5.74) is 3.01. The Kier molecular flexibility index (Phi) is 5.66. The van der Waals surface area contributed by atoms with E-state index in [2.05, 4.69) is 10.5 Å². The average Bonchev–Trinajstić information content (AvgIpc) is 3.32. The van der Waals surface area contributed by atoms with Crippen LogP contribution < -0.4 is 10.1 Å². The van der Waals surface area contributed by atoms with Crippen LogP contribution in [0.25, 0.3) is 21.5 Å². The SMILES string of the molecule is OC(CNCc1ccccc1F)COc1cccc(-c2noc3ccsc23)c1. The van der Waals surface area contributed by atoms with Crippen molar-refractivity contribution in [3.8, 4) is 17.0 Å². The topological polar surface area (TPSA) is 67.5 Å². The highest BCUT2D eigenvalue weighted by Gasteiger charge is 2.13. The number of aliphatic hydroxyl groups is 1. The molecule has 4 aromatic rings. The first-order valence-electron chi connectivity index (χ1n) is 8.89. The van der Waals surface area contributed by atoms with Crippen molar-refractivity contribution in [1.29, 1.82) is 0 Å². The van der Waals surface area contributed by atoms with E-state index in [1.54, 1.807) is 29.5 Å². The maximum Gasteiger partial charge on any atom is 0.178 e. The minimum atomic E-state index is -0.716. The van der Waals surface area contributed by atoms with Crippen molar-refractivity contribution in [3.05, 3.63) is 71.4 Å². The highest BCUT2D eigenvalue weighted by Crippen LogP contribution is 2.33. The molecule has 0 radical (unpaired) electrons. The van der Waals surface area contributed by atoms with Crippen molar-refractivity contribution in [2.24, 2.45) is 0 Å². The van der Waals surface area contributed by atoms with Crippen molar-refractivity contribution < 1.29 is 18.8 Å². The van der Waals surface area contributed by atoms with E-state index < -0.39 is 6.10 Å². The van der Waals surface area contributed by atoms with E-state index in [-0.39, 0.29) is 12.4 Å². The summed E-state index contributed by atoms with van der Waals surface area (Å²) in [7, 11) is 0. The van der Waals surface area contributed by atoms with Crippen molar-refractivity contribution in [2.75, 3.05) is 13.2 Å². The van der Waals surface area contributed by atoms with Crippen LogP contribution in [0.5, 0.6) is 5.75 Å². The Hall–Kier alpha value is -2.74. The van der Waals surface area contributed by atoms with Gasteiger partial charge in [-0.15, -0.1) is 11.3 Å². The zero-order valence-electron chi connectivity index (χ0n) is 15.0. The lowest BCUT2D eigenvalue weighted by molar-refractivity contribution is 0.106. The number of aromatic nitrogens is 1. The Labute approximate surface area is 165 Å². The zero-order chi connectivity index (χ0) is 19.3. The second-order valence-corrected chi connectivity index (χ2v) is 7.28. The second kappa shape index (κ2) is 8.52. The van der Waals surface area contributed by atoms with Gasteiger partial charge in [0.05, 0.1) is 0 Å². The van der Waals surface area contributed by atoms with Crippen LogP contribution in [0.4, 0.5) is 4.39 Å². The summed E-state index contributed by atoms with van der Waals surface area (Å²) < 4.78 is 25.6. The zero-order valence-corrected chi connectivity index (χ0v) is 15.8. The summed E-state index contributed by atoms with van der Waals surface area (Å²) in [6.45, 7) is 0.774. The number of nitrogens with one attached hydrogen (secondary N) is 1. The van der Waals surface area contributed by atoms with Crippen LogP contribution in [0.3, 0.4) is 0 Å². The quantitative estimate of drug-likeness (QED) is 0.465. The van der Waals surface area contributed by atoms with E-state index in [0.29, 0.717) is 24.4 Å². The third-order valence-corrected chi connectivity index (χ3v) is 5.18. The highest BCUT2D eigenvalue weighted by molar-refractivity contribution is 7.17. The van der Waals surface area contributed by atoms with Gasteiger partial charge in [-0.05, 0) is 29.6 Å². The van der Waals surface area contributed by atoms with Gasteiger partial charge >= 0.3 is 0 Å². The van der Waals surface area contributed by atoms with Gasteiger partial charge < -0.3 is 19.7 Å². The Morgan fingerprint density at radius 1 is 1.18 bits per heavy atom. The molecule has 0 spiro atoms. The number of nitrogens with zero attached hydrogens (tertiary/aromatic N) is 1. The summed E-state index contributed by atoms with van der Waals surface area (Å²) in [5, 5.41) is 19.2. The van der Waals surface area contributed by atoms with Gasteiger partial charge in [0.1, 0.15) is 34.7 Å². The number of hydrogen-bond acceptors (Lipinski definition) is 6. The predicted octanol–water partition coefficient (Wildman–Crippen LogP) is 4.22. The Morgan fingerprint density at radius 2 is 2.07 bits per heavy atom. The molecule has 0 amide bonds. The van der Waals surface area contributed by atoms with Gasteiger partial charge in [0.25, 0.3) is 0 Å². The van der Waals surface area contributed by atoms with Crippen LogP contribution in [0.2, 0.25) is 0 Å². The fourth-order valence-corrected chi connectivity index (χ4v) is 3.68. The summed E-state index contributed by atoms with van der Waals surface area (Å²) in [4.78, 5) is 0. The minimum absolute atomic E-state index is 0.126. The van der Waals surface area contributed by atoms with Gasteiger partial charge in [-0.1, -0.05) is 35.5 Å². The number of ether oxygens (including phenoxy) is 1. The highest BCUT2D eigenvalue weighted by atomic mass is 32.1. The predicted molar refractivity (Wildman–Crippen MR) is 107 cm³/mol. The van der Waals surface area contributed by atoms with E-state index in [1.807, 2.05) is 35.7 Å². The van der Waals surface area contributed by atoms with E-state index in [4.69, 9.17) is 9.26 Å². The number of rotatable bonds is 8. The van der Waals surface area contributed by atoms with E-state index in [9.17, 15) is 9.50 Å². The molecule has 4 rings (SSSR count). The van der Waals surface area contributed by atoms with Gasteiger partial charge in [0.2, 0.25) is 0 Å². The molecular weight excluding hydrogens is 379 g/mol. The smallest absolute Gasteiger partial charge is 0.178 e. The molecule has 0 bridgehead atoms. The van der Waals surface area contributed by atoms with E-state index in [1.165, 1.54) is 6.07 Å². The van der Waals surface area contributed by atoms with Crippen LogP contribution >= 0.6 is 11.3 Å². The molecule has 1 atom stereocenters. The van der Waals surface area contributed by atoms with Gasteiger partial charge in [0.15, 0.2) is 5.58 Å². The second-order valence-electron chi connectivity index (χ2n) is 6.36. The number of hydrogen-bond donors (Lipinski definition) is 2. The maximum absolute atomic E-state index is 13.6. The summed E-state index contributed by atoms with van der Waals surface area (Å²) >= 11 is 1.58. The molecule has 5 nitrogen and oxygen atoms in total. The monoisotopic (exact) mass is 398 g/mol. The largest absolute Gasteiger partial charge is 0.491 e. The lowest BCUT2D eigenvalue weighted by Gasteiger charge is -2.14. The maximum atomic E-state index is 13.6. The summed E-state index contributed by atoms with van der Waals surface area (Å²) in [5.74, 6) is 0.378. The molecule has 2 heterocycles. The molecule has 1 unspecified atom stereocenters. The van der Waals surface area contributed by atoms with Crippen LogP contribution in [0.15, 0.2) is 64.5 Å². The van der Waals surface area contributed by atoms with Crippen LogP contribution in [0.1, 0.15) is 5.56 Å². The number of aliphatic hydroxyl groups excluding tert-OH is 1. The van der Waals surface area contributed by atoms with Gasteiger partial charge in [0, 0.05) is 24.2 Å². The number of fused-ring (bicyclic) bond motifs is 1. The van der Waals surface area contributed by atoms with Crippen LogP contribution in [0, 0.1) is 5.82 Å². The van der Waals surface area contributed by atoms with Crippen molar-refractivity contribution in [2.45, 2.75) is 12.6 Å². The molecule has 28 heavy (non-hydrogen) atoms. The fraction of sp³-hybridized carbons (Fsp3) is 0.190. The van der Waals surface area contributed by atoms with E-state index in [0.717, 1.165) is 21.5 Å². The Balaban J connectivity index is 1.31. The third-order valence-electron chi connectivity index (χ3n) is 4.28. The Morgan fingerprint density at radius 3 is 2.96 bits per heavy atom. The number of thiophene rings is 1. The van der Waals surface area contributed by atoms with Gasteiger partial charge in [-0.25, -0.2) is 4.39 Å². The van der Waals surface area contributed by atoms with Crippen molar-refractivity contribution in [1.82, 2.24) is 10.5 Å². The molecule has 2 aromatic carbocycles. The summed E-state index contributed by atoms with van der Waals surface area (Å²) in [6.07, 6.45) is -0.716. The molecular formula is C21H19FN2O3S. The standard InChI is InChI=1S/C21H19FN2O3S/c22-18-7-2-1-4-15(18)11-23-12-16(25)13-26-17-6-3-5-14(10-17)20-21-19(27-24-20)8-9-28-21/h1-10,16,23,25H,11-13H2. The molecule has 144 valence electrons.